The van der Waals surface area contributed by atoms with Crippen molar-refractivity contribution in [2.45, 2.75) is 36.0 Å². The molecule has 2 rings (SSSR count). The van der Waals surface area contributed by atoms with Crippen molar-refractivity contribution >= 4 is 15.8 Å². The summed E-state index contributed by atoms with van der Waals surface area (Å²) in [7, 11) is -3.81. The molecule has 6 heteroatoms. The number of sulfone groups is 1. The van der Waals surface area contributed by atoms with Crippen LogP contribution in [0.5, 0.6) is 0 Å². The molecule has 0 spiro atoms. The Bertz CT molecular complexity index is 616. The Balaban J connectivity index is 2.76. The summed E-state index contributed by atoms with van der Waals surface area (Å²) in [5.74, 6) is -1.96. The molecule has 1 aliphatic carbocycles. The minimum Gasteiger partial charge on any atom is -0.481 e. The highest BCUT2D eigenvalue weighted by molar-refractivity contribution is 7.90. The first-order chi connectivity index (χ1) is 8.79. The normalized spacial score (nSPS) is 18.4. The summed E-state index contributed by atoms with van der Waals surface area (Å²) in [5.41, 5.74) is -1.19. The van der Waals surface area contributed by atoms with Gasteiger partial charge in [0.15, 0.2) is 9.84 Å². The fourth-order valence-corrected chi connectivity index (χ4v) is 3.92. The molecule has 1 aromatic carbocycles. The SMILES string of the molecule is CS(=O)(=O)c1c(F)cccc1C1(C(=O)O)CCCC1. The van der Waals surface area contributed by atoms with E-state index in [0.717, 1.165) is 12.3 Å². The van der Waals surface area contributed by atoms with Crippen molar-refractivity contribution in [3.8, 4) is 0 Å². The lowest BCUT2D eigenvalue weighted by Gasteiger charge is -2.26. The van der Waals surface area contributed by atoms with Gasteiger partial charge in [0.25, 0.3) is 0 Å². The van der Waals surface area contributed by atoms with Gasteiger partial charge in [0.2, 0.25) is 0 Å². The minimum atomic E-state index is -3.81. The number of hydrogen-bond donors (Lipinski definition) is 1. The van der Waals surface area contributed by atoms with Gasteiger partial charge in [0.1, 0.15) is 10.7 Å². The van der Waals surface area contributed by atoms with Gasteiger partial charge < -0.3 is 5.11 Å². The zero-order chi connectivity index (χ0) is 14.3. The number of aliphatic carboxylic acids is 1. The highest BCUT2D eigenvalue weighted by Crippen LogP contribution is 2.44. The quantitative estimate of drug-likeness (QED) is 0.924. The lowest BCUT2D eigenvalue weighted by atomic mass is 9.79. The van der Waals surface area contributed by atoms with E-state index in [1.54, 1.807) is 0 Å². The van der Waals surface area contributed by atoms with Crippen LogP contribution in [-0.2, 0) is 20.0 Å². The molecule has 1 aliphatic rings. The van der Waals surface area contributed by atoms with E-state index in [1.807, 2.05) is 0 Å². The third-order valence-corrected chi connectivity index (χ3v) is 4.88. The molecule has 0 radical (unpaired) electrons. The molecule has 0 bridgehead atoms. The molecule has 1 fully saturated rings. The first kappa shape index (κ1) is 14.0. The van der Waals surface area contributed by atoms with E-state index in [2.05, 4.69) is 0 Å². The zero-order valence-corrected chi connectivity index (χ0v) is 11.3. The van der Waals surface area contributed by atoms with Gasteiger partial charge in [-0.1, -0.05) is 25.0 Å². The second kappa shape index (κ2) is 4.59. The molecule has 1 N–H and O–H groups in total. The molecular formula is C13H15FO4S. The molecular weight excluding hydrogens is 271 g/mol. The lowest BCUT2D eigenvalue weighted by Crippen LogP contribution is -2.34. The van der Waals surface area contributed by atoms with E-state index >= 15 is 0 Å². The zero-order valence-electron chi connectivity index (χ0n) is 10.5. The van der Waals surface area contributed by atoms with Crippen molar-refractivity contribution in [3.05, 3.63) is 29.6 Å². The molecule has 0 aliphatic heterocycles. The first-order valence-corrected chi connectivity index (χ1v) is 7.90. The molecule has 1 aromatic rings. The maximum absolute atomic E-state index is 13.9. The maximum Gasteiger partial charge on any atom is 0.314 e. The fraction of sp³-hybridized carbons (Fsp3) is 0.462. The monoisotopic (exact) mass is 286 g/mol. The minimum absolute atomic E-state index is 0.0833. The van der Waals surface area contributed by atoms with Crippen LogP contribution in [0.15, 0.2) is 23.1 Å². The van der Waals surface area contributed by atoms with Crippen LogP contribution < -0.4 is 0 Å². The Hall–Kier alpha value is -1.43. The fourth-order valence-electron chi connectivity index (χ4n) is 2.84. The lowest BCUT2D eigenvalue weighted by molar-refractivity contribution is -0.143. The number of rotatable bonds is 3. The standard InChI is InChI=1S/C13H15FO4S/c1-19(17,18)11-9(5-4-6-10(11)14)13(12(15)16)7-2-3-8-13/h4-6H,2-3,7-8H2,1H3,(H,15,16). The predicted molar refractivity (Wildman–Crippen MR) is 67.3 cm³/mol. The third-order valence-electron chi connectivity index (χ3n) is 3.72. The van der Waals surface area contributed by atoms with Gasteiger partial charge in [-0.2, -0.15) is 0 Å². The number of carboxylic acids is 1. The van der Waals surface area contributed by atoms with Crippen molar-refractivity contribution in [1.29, 1.82) is 0 Å². The summed E-state index contributed by atoms with van der Waals surface area (Å²) in [5, 5.41) is 9.48. The van der Waals surface area contributed by atoms with E-state index in [-0.39, 0.29) is 5.56 Å². The predicted octanol–water partition coefficient (Wildman–Crippen LogP) is 2.13. The van der Waals surface area contributed by atoms with E-state index in [4.69, 9.17) is 0 Å². The number of halogens is 1. The van der Waals surface area contributed by atoms with Crippen LogP contribution in [0, 0.1) is 5.82 Å². The number of hydrogen-bond acceptors (Lipinski definition) is 3. The van der Waals surface area contributed by atoms with Crippen LogP contribution >= 0.6 is 0 Å². The number of carboxylic acid groups (broad SMARTS) is 1. The van der Waals surface area contributed by atoms with Gasteiger partial charge >= 0.3 is 5.97 Å². The summed E-state index contributed by atoms with van der Waals surface area (Å²) in [6.07, 6.45) is 2.99. The van der Waals surface area contributed by atoms with Gasteiger partial charge in [-0.3, -0.25) is 4.79 Å². The van der Waals surface area contributed by atoms with Crippen LogP contribution in [0.4, 0.5) is 4.39 Å². The molecule has 0 unspecified atom stereocenters. The van der Waals surface area contributed by atoms with Gasteiger partial charge in [0, 0.05) is 6.26 Å². The highest BCUT2D eigenvalue weighted by atomic mass is 32.2. The topological polar surface area (TPSA) is 71.4 Å². The average Bonchev–Trinajstić information content (AvgIpc) is 2.76. The Labute approximate surface area is 111 Å². The Morgan fingerprint density at radius 1 is 1.32 bits per heavy atom. The van der Waals surface area contributed by atoms with Crippen molar-refractivity contribution in [1.82, 2.24) is 0 Å². The summed E-state index contributed by atoms with van der Waals surface area (Å²) in [6.45, 7) is 0. The highest BCUT2D eigenvalue weighted by Gasteiger charge is 2.46. The molecule has 1 saturated carbocycles. The van der Waals surface area contributed by atoms with Crippen LogP contribution in [0.25, 0.3) is 0 Å². The van der Waals surface area contributed by atoms with Crippen molar-refractivity contribution in [2.75, 3.05) is 6.26 Å². The summed E-state index contributed by atoms with van der Waals surface area (Å²) in [6, 6.07) is 3.83. The van der Waals surface area contributed by atoms with Crippen LogP contribution in [0.1, 0.15) is 31.2 Å². The maximum atomic E-state index is 13.9. The molecule has 0 heterocycles. The smallest absolute Gasteiger partial charge is 0.314 e. The number of benzene rings is 1. The van der Waals surface area contributed by atoms with Crippen LogP contribution in [0.2, 0.25) is 0 Å². The molecule has 0 saturated heterocycles. The van der Waals surface area contributed by atoms with Crippen molar-refractivity contribution < 1.29 is 22.7 Å². The van der Waals surface area contributed by atoms with Gasteiger partial charge in [-0.25, -0.2) is 12.8 Å². The van der Waals surface area contributed by atoms with Gasteiger partial charge in [-0.05, 0) is 24.5 Å². The molecule has 4 nitrogen and oxygen atoms in total. The van der Waals surface area contributed by atoms with Crippen molar-refractivity contribution in [3.63, 3.8) is 0 Å². The largest absolute Gasteiger partial charge is 0.481 e. The van der Waals surface area contributed by atoms with E-state index in [9.17, 15) is 22.7 Å². The molecule has 19 heavy (non-hydrogen) atoms. The third kappa shape index (κ3) is 2.25. The van der Waals surface area contributed by atoms with Gasteiger partial charge in [-0.15, -0.1) is 0 Å². The number of carbonyl (C=O) groups is 1. The Morgan fingerprint density at radius 3 is 2.37 bits per heavy atom. The molecule has 0 amide bonds. The Morgan fingerprint density at radius 2 is 1.89 bits per heavy atom. The molecule has 0 aromatic heterocycles. The summed E-state index contributed by atoms with van der Waals surface area (Å²) in [4.78, 5) is 11.1. The van der Waals surface area contributed by atoms with Crippen LogP contribution in [0.3, 0.4) is 0 Å². The molecule has 0 atom stereocenters. The van der Waals surface area contributed by atoms with E-state index < -0.39 is 31.9 Å². The van der Waals surface area contributed by atoms with Gasteiger partial charge in [0.05, 0.1) is 5.41 Å². The second-order valence-corrected chi connectivity index (χ2v) is 6.94. The average molecular weight is 286 g/mol. The van der Waals surface area contributed by atoms with Crippen molar-refractivity contribution in [2.24, 2.45) is 0 Å². The molecule has 104 valence electrons. The summed E-state index contributed by atoms with van der Waals surface area (Å²) < 4.78 is 37.4. The van der Waals surface area contributed by atoms with E-state index in [1.165, 1.54) is 12.1 Å². The van der Waals surface area contributed by atoms with Crippen LogP contribution in [-0.4, -0.2) is 25.7 Å². The van der Waals surface area contributed by atoms with E-state index in [0.29, 0.717) is 25.7 Å². The Kier molecular flexibility index (Phi) is 3.38. The second-order valence-electron chi connectivity index (χ2n) is 4.98. The first-order valence-electron chi connectivity index (χ1n) is 6.01. The summed E-state index contributed by atoms with van der Waals surface area (Å²) >= 11 is 0.